The molecule has 0 aromatic carbocycles. The van der Waals surface area contributed by atoms with Crippen LogP contribution < -0.4 is 0 Å². The van der Waals surface area contributed by atoms with E-state index in [4.69, 9.17) is 4.42 Å². The molecular formula is C13H13NO2S. The van der Waals surface area contributed by atoms with E-state index in [-0.39, 0.29) is 5.78 Å². The van der Waals surface area contributed by atoms with Crippen LogP contribution in [0.15, 0.2) is 38.8 Å². The van der Waals surface area contributed by atoms with Gasteiger partial charge in [0.1, 0.15) is 5.03 Å². The third-order valence-corrected chi connectivity index (χ3v) is 3.05. The summed E-state index contributed by atoms with van der Waals surface area (Å²) >= 11 is 1.42. The number of aryl methyl sites for hydroxylation is 2. The second-order valence-electron chi connectivity index (χ2n) is 3.90. The predicted molar refractivity (Wildman–Crippen MR) is 66.5 cm³/mol. The maximum atomic E-state index is 11.1. The molecule has 0 fully saturated rings. The highest BCUT2D eigenvalue weighted by atomic mass is 32.2. The van der Waals surface area contributed by atoms with Gasteiger partial charge in [-0.15, -0.1) is 0 Å². The van der Waals surface area contributed by atoms with Crippen molar-refractivity contribution >= 4 is 17.5 Å². The number of carbonyl (C=O) groups is 1. The van der Waals surface area contributed by atoms with Gasteiger partial charge < -0.3 is 4.42 Å². The smallest absolute Gasteiger partial charge is 0.194 e. The van der Waals surface area contributed by atoms with Gasteiger partial charge in [0.05, 0.1) is 0 Å². The lowest BCUT2D eigenvalue weighted by Gasteiger charge is -2.01. The van der Waals surface area contributed by atoms with Crippen LogP contribution in [0.2, 0.25) is 0 Å². The van der Waals surface area contributed by atoms with E-state index in [0.717, 1.165) is 10.7 Å². The van der Waals surface area contributed by atoms with Gasteiger partial charge in [0, 0.05) is 12.6 Å². The van der Waals surface area contributed by atoms with E-state index in [1.807, 2.05) is 26.0 Å². The minimum absolute atomic E-state index is 0.0646. The second-order valence-corrected chi connectivity index (χ2v) is 4.93. The van der Waals surface area contributed by atoms with Crippen LogP contribution in [0, 0.1) is 13.8 Å². The fourth-order valence-corrected chi connectivity index (χ4v) is 2.43. The van der Waals surface area contributed by atoms with Gasteiger partial charge in [0.25, 0.3) is 0 Å². The molecule has 2 rings (SSSR count). The maximum absolute atomic E-state index is 11.1. The molecule has 0 unspecified atom stereocenters. The van der Waals surface area contributed by atoms with Gasteiger partial charge in [-0.05, 0) is 55.4 Å². The highest BCUT2D eigenvalue weighted by Crippen LogP contribution is 2.28. The molecule has 0 bridgehead atoms. The van der Waals surface area contributed by atoms with E-state index in [1.165, 1.54) is 24.2 Å². The van der Waals surface area contributed by atoms with Crippen LogP contribution in [-0.2, 0) is 0 Å². The molecule has 0 amide bonds. The molecule has 0 saturated heterocycles. The third-order valence-electron chi connectivity index (χ3n) is 2.21. The zero-order valence-corrected chi connectivity index (χ0v) is 10.8. The largest absolute Gasteiger partial charge is 0.446 e. The summed E-state index contributed by atoms with van der Waals surface area (Å²) in [5.41, 5.74) is 2.14. The Morgan fingerprint density at radius 1 is 1.29 bits per heavy atom. The normalized spacial score (nSPS) is 10.5. The summed E-state index contributed by atoms with van der Waals surface area (Å²) in [6.45, 7) is 5.48. The molecule has 2 heterocycles. The van der Waals surface area contributed by atoms with E-state index in [0.29, 0.717) is 10.9 Å². The van der Waals surface area contributed by atoms with Crippen molar-refractivity contribution in [1.29, 1.82) is 0 Å². The fourth-order valence-electron chi connectivity index (χ4n) is 1.52. The van der Waals surface area contributed by atoms with Crippen LogP contribution in [0.25, 0.3) is 0 Å². The van der Waals surface area contributed by atoms with E-state index >= 15 is 0 Å². The average molecular weight is 247 g/mol. The summed E-state index contributed by atoms with van der Waals surface area (Å²) in [6, 6.07) is 7.49. The highest BCUT2D eigenvalue weighted by molar-refractivity contribution is 7.99. The number of carbonyl (C=O) groups excluding carboxylic acids is 1. The van der Waals surface area contributed by atoms with Crippen molar-refractivity contribution in [3.63, 3.8) is 0 Å². The summed E-state index contributed by atoms with van der Waals surface area (Å²) in [5, 5.41) is 1.57. The van der Waals surface area contributed by atoms with Gasteiger partial charge in [0.15, 0.2) is 16.6 Å². The number of aromatic nitrogens is 1. The SMILES string of the molecule is CC(=O)c1ccc(Sc2cc(C)cc(C)n2)o1. The van der Waals surface area contributed by atoms with Crippen molar-refractivity contribution in [3.8, 4) is 0 Å². The van der Waals surface area contributed by atoms with Crippen molar-refractivity contribution in [1.82, 2.24) is 4.98 Å². The van der Waals surface area contributed by atoms with E-state index < -0.39 is 0 Å². The number of Topliss-reactive ketones (excluding diaryl/α,β-unsaturated/α-hetero) is 1. The van der Waals surface area contributed by atoms with Crippen molar-refractivity contribution in [2.24, 2.45) is 0 Å². The molecule has 0 aliphatic carbocycles. The summed E-state index contributed by atoms with van der Waals surface area (Å²) in [5.74, 6) is 0.321. The second kappa shape index (κ2) is 4.75. The van der Waals surface area contributed by atoms with Gasteiger partial charge in [-0.2, -0.15) is 0 Å². The molecule has 88 valence electrons. The van der Waals surface area contributed by atoms with Crippen LogP contribution >= 0.6 is 11.8 Å². The number of hydrogen-bond donors (Lipinski definition) is 0. The zero-order chi connectivity index (χ0) is 12.4. The maximum Gasteiger partial charge on any atom is 0.194 e. The summed E-state index contributed by atoms with van der Waals surface area (Å²) in [4.78, 5) is 15.5. The molecule has 0 radical (unpaired) electrons. The Hall–Kier alpha value is -1.55. The first-order chi connectivity index (χ1) is 8.04. The number of nitrogens with zero attached hydrogens (tertiary/aromatic N) is 1. The number of ketones is 1. The Morgan fingerprint density at radius 3 is 2.65 bits per heavy atom. The van der Waals surface area contributed by atoms with Gasteiger partial charge in [0.2, 0.25) is 0 Å². The Bertz CT molecular complexity index is 540. The lowest BCUT2D eigenvalue weighted by molar-refractivity contribution is 0.0982. The molecular weight excluding hydrogens is 234 g/mol. The topological polar surface area (TPSA) is 43.1 Å². The molecule has 2 aromatic heterocycles. The van der Waals surface area contributed by atoms with E-state index in [9.17, 15) is 4.79 Å². The van der Waals surface area contributed by atoms with Crippen LogP contribution in [0.4, 0.5) is 0 Å². The predicted octanol–water partition coefficient (Wildman–Crippen LogP) is 3.65. The lowest BCUT2D eigenvalue weighted by Crippen LogP contribution is -1.87. The van der Waals surface area contributed by atoms with E-state index in [1.54, 1.807) is 12.1 Å². The monoisotopic (exact) mass is 247 g/mol. The van der Waals surface area contributed by atoms with Crippen molar-refractivity contribution < 1.29 is 9.21 Å². The lowest BCUT2D eigenvalue weighted by atomic mass is 10.3. The Balaban J connectivity index is 2.22. The number of pyridine rings is 1. The molecule has 0 atom stereocenters. The quantitative estimate of drug-likeness (QED) is 0.776. The van der Waals surface area contributed by atoms with Crippen molar-refractivity contribution in [3.05, 3.63) is 41.3 Å². The van der Waals surface area contributed by atoms with Crippen molar-refractivity contribution in [2.75, 3.05) is 0 Å². The van der Waals surface area contributed by atoms with Crippen LogP contribution in [0.3, 0.4) is 0 Å². The zero-order valence-electron chi connectivity index (χ0n) is 9.98. The first kappa shape index (κ1) is 11.9. The van der Waals surface area contributed by atoms with Crippen LogP contribution in [0.5, 0.6) is 0 Å². The van der Waals surface area contributed by atoms with Gasteiger partial charge >= 0.3 is 0 Å². The number of rotatable bonds is 3. The number of furan rings is 1. The van der Waals surface area contributed by atoms with Crippen LogP contribution in [-0.4, -0.2) is 10.8 Å². The minimum atomic E-state index is -0.0646. The Labute approximate surface area is 104 Å². The summed E-state index contributed by atoms with van der Waals surface area (Å²) in [6.07, 6.45) is 0. The molecule has 2 aromatic rings. The van der Waals surface area contributed by atoms with Gasteiger partial charge in [-0.3, -0.25) is 4.79 Å². The summed E-state index contributed by atoms with van der Waals surface area (Å²) in [7, 11) is 0. The van der Waals surface area contributed by atoms with Gasteiger partial charge in [-0.1, -0.05) is 0 Å². The molecule has 17 heavy (non-hydrogen) atoms. The highest BCUT2D eigenvalue weighted by Gasteiger charge is 2.08. The molecule has 0 aliphatic rings. The first-order valence-corrected chi connectivity index (χ1v) is 6.10. The number of hydrogen-bond acceptors (Lipinski definition) is 4. The van der Waals surface area contributed by atoms with Crippen molar-refractivity contribution in [2.45, 2.75) is 30.9 Å². The minimum Gasteiger partial charge on any atom is -0.446 e. The summed E-state index contributed by atoms with van der Waals surface area (Å²) < 4.78 is 5.40. The first-order valence-electron chi connectivity index (χ1n) is 5.28. The molecule has 0 saturated carbocycles. The molecule has 3 nitrogen and oxygen atoms in total. The fraction of sp³-hybridized carbons (Fsp3) is 0.231. The average Bonchev–Trinajstić information content (AvgIpc) is 2.64. The Kier molecular flexibility index (Phi) is 3.33. The standard InChI is InChI=1S/C13H13NO2S/c1-8-6-9(2)14-12(7-8)17-13-5-4-11(16-13)10(3)15/h4-7H,1-3H3. The van der Waals surface area contributed by atoms with Crippen LogP contribution in [0.1, 0.15) is 28.7 Å². The molecule has 0 aliphatic heterocycles. The molecule has 4 heteroatoms. The molecule has 0 spiro atoms. The Morgan fingerprint density at radius 2 is 2.06 bits per heavy atom. The van der Waals surface area contributed by atoms with Gasteiger partial charge in [-0.25, -0.2) is 4.98 Å². The molecule has 0 N–H and O–H groups in total. The van der Waals surface area contributed by atoms with E-state index in [2.05, 4.69) is 4.98 Å². The third kappa shape index (κ3) is 2.97.